The summed E-state index contributed by atoms with van der Waals surface area (Å²) in [5.74, 6) is 0. The molecule has 20 heavy (non-hydrogen) atoms. The van der Waals surface area contributed by atoms with Crippen LogP contribution in [0.3, 0.4) is 0 Å². The van der Waals surface area contributed by atoms with Gasteiger partial charge in [-0.05, 0) is 40.2 Å². The van der Waals surface area contributed by atoms with Crippen LogP contribution in [-0.2, 0) is 10.0 Å². The summed E-state index contributed by atoms with van der Waals surface area (Å²) in [6.45, 7) is 0. The molecule has 0 amide bonds. The molecule has 0 aliphatic carbocycles. The third kappa shape index (κ3) is 2.04. The van der Waals surface area contributed by atoms with Crippen LogP contribution in [0.15, 0.2) is 58.0 Å². The molecule has 0 radical (unpaired) electrons. The van der Waals surface area contributed by atoms with Crippen LogP contribution in [0.25, 0.3) is 11.0 Å². The van der Waals surface area contributed by atoms with Gasteiger partial charge in [0.15, 0.2) is 5.65 Å². The summed E-state index contributed by atoms with van der Waals surface area (Å²) in [5.41, 5.74) is 0.299. The van der Waals surface area contributed by atoms with Gasteiger partial charge in [-0.3, -0.25) is 0 Å². The van der Waals surface area contributed by atoms with E-state index in [0.717, 1.165) is 8.45 Å². The highest BCUT2D eigenvalue weighted by Gasteiger charge is 2.23. The van der Waals surface area contributed by atoms with Crippen molar-refractivity contribution in [1.29, 1.82) is 0 Å². The quantitative estimate of drug-likeness (QED) is 0.690. The van der Waals surface area contributed by atoms with E-state index in [4.69, 9.17) is 11.6 Å². The van der Waals surface area contributed by atoms with Crippen molar-refractivity contribution in [2.75, 3.05) is 0 Å². The minimum atomic E-state index is -3.77. The lowest BCUT2D eigenvalue weighted by Gasteiger charge is -2.08. The van der Waals surface area contributed by atoms with Crippen molar-refractivity contribution in [3.05, 3.63) is 58.3 Å². The molecule has 0 N–H and O–H groups in total. The van der Waals surface area contributed by atoms with E-state index >= 15 is 0 Å². The third-order valence-electron chi connectivity index (χ3n) is 2.85. The second kappa shape index (κ2) is 4.87. The number of nitrogens with zero attached hydrogens (tertiary/aromatic N) is 2. The summed E-state index contributed by atoms with van der Waals surface area (Å²) in [6, 6.07) is 11.4. The first kappa shape index (κ1) is 13.6. The number of hydrogen-bond acceptors (Lipinski definition) is 3. The van der Waals surface area contributed by atoms with Crippen LogP contribution in [0.1, 0.15) is 0 Å². The van der Waals surface area contributed by atoms with Crippen LogP contribution in [-0.4, -0.2) is 17.4 Å². The third-order valence-corrected chi connectivity index (χ3v) is 5.64. The highest BCUT2D eigenvalue weighted by atomic mass is 79.9. The number of rotatable bonds is 2. The molecule has 0 spiro atoms. The summed E-state index contributed by atoms with van der Waals surface area (Å²) in [4.78, 5) is 4.29. The van der Waals surface area contributed by atoms with Gasteiger partial charge in [0.05, 0.1) is 4.90 Å². The van der Waals surface area contributed by atoms with Gasteiger partial charge in [0.25, 0.3) is 10.0 Å². The Kier molecular flexibility index (Phi) is 3.32. The molecule has 0 aliphatic heterocycles. The highest BCUT2D eigenvalue weighted by molar-refractivity contribution is 9.10. The zero-order chi connectivity index (χ0) is 14.3. The van der Waals surface area contributed by atoms with Crippen molar-refractivity contribution in [3.8, 4) is 0 Å². The Balaban J connectivity index is 2.36. The van der Waals surface area contributed by atoms with Crippen molar-refractivity contribution in [2.45, 2.75) is 4.90 Å². The predicted molar refractivity (Wildman–Crippen MR) is 81.5 cm³/mol. The van der Waals surface area contributed by atoms with Crippen molar-refractivity contribution in [3.63, 3.8) is 0 Å². The lowest BCUT2D eigenvalue weighted by atomic mass is 10.3. The zero-order valence-electron chi connectivity index (χ0n) is 9.99. The Bertz CT molecular complexity index is 891. The molecule has 4 nitrogen and oxygen atoms in total. The van der Waals surface area contributed by atoms with Crippen LogP contribution in [0.2, 0.25) is 5.15 Å². The van der Waals surface area contributed by atoms with E-state index in [2.05, 4.69) is 20.9 Å². The van der Waals surface area contributed by atoms with Gasteiger partial charge in [0.1, 0.15) is 5.15 Å². The fourth-order valence-corrected chi connectivity index (χ4v) is 4.18. The lowest BCUT2D eigenvalue weighted by Crippen LogP contribution is -2.13. The summed E-state index contributed by atoms with van der Waals surface area (Å²) in [7, 11) is -3.77. The Morgan fingerprint density at radius 2 is 1.85 bits per heavy atom. The first-order valence-electron chi connectivity index (χ1n) is 5.64. The number of pyridine rings is 1. The fourth-order valence-electron chi connectivity index (χ4n) is 1.94. The summed E-state index contributed by atoms with van der Waals surface area (Å²) < 4.78 is 27.1. The predicted octanol–water partition coefficient (Wildman–Crippen LogP) is 3.69. The normalized spacial score (nSPS) is 11.9. The molecule has 0 unspecified atom stereocenters. The molecule has 0 aliphatic rings. The van der Waals surface area contributed by atoms with E-state index in [9.17, 15) is 8.42 Å². The van der Waals surface area contributed by atoms with Crippen molar-refractivity contribution < 1.29 is 8.42 Å². The zero-order valence-corrected chi connectivity index (χ0v) is 13.2. The van der Waals surface area contributed by atoms with E-state index in [1.54, 1.807) is 30.3 Å². The molecule has 7 heteroatoms. The smallest absolute Gasteiger partial charge is 0.237 e. The Labute approximate surface area is 129 Å². The lowest BCUT2D eigenvalue weighted by molar-refractivity contribution is 0.589. The Morgan fingerprint density at radius 1 is 1.15 bits per heavy atom. The molecule has 0 atom stereocenters. The van der Waals surface area contributed by atoms with Gasteiger partial charge in [-0.25, -0.2) is 17.4 Å². The molecule has 2 heterocycles. The van der Waals surface area contributed by atoms with E-state index in [1.807, 2.05) is 0 Å². The maximum Gasteiger partial charge on any atom is 0.270 e. The average molecular weight is 372 g/mol. The number of halogens is 2. The molecule has 0 bridgehead atoms. The van der Waals surface area contributed by atoms with E-state index in [1.165, 1.54) is 18.3 Å². The monoisotopic (exact) mass is 370 g/mol. The number of hydrogen-bond donors (Lipinski definition) is 0. The molecule has 2 aromatic heterocycles. The number of benzene rings is 1. The molecule has 3 rings (SSSR count). The average Bonchev–Trinajstić information content (AvgIpc) is 2.78. The van der Waals surface area contributed by atoms with E-state index < -0.39 is 10.0 Å². The van der Waals surface area contributed by atoms with Crippen LogP contribution < -0.4 is 0 Å². The minimum Gasteiger partial charge on any atom is -0.237 e. The van der Waals surface area contributed by atoms with Gasteiger partial charge in [-0.2, -0.15) is 0 Å². The van der Waals surface area contributed by atoms with Crippen LogP contribution in [0.5, 0.6) is 0 Å². The highest BCUT2D eigenvalue weighted by Crippen LogP contribution is 2.31. The first-order chi connectivity index (χ1) is 9.51. The molecule has 0 saturated carbocycles. The molecule has 102 valence electrons. The minimum absolute atomic E-state index is 0.100. The van der Waals surface area contributed by atoms with Crippen molar-refractivity contribution in [1.82, 2.24) is 8.96 Å². The van der Waals surface area contributed by atoms with Crippen LogP contribution in [0, 0.1) is 0 Å². The standard InChI is InChI=1S/C13H8BrClN2O2S/c14-11-6-7-16-13-10(11)8-12(15)17(13)20(18,19)9-4-2-1-3-5-9/h1-8H. The Morgan fingerprint density at radius 3 is 2.55 bits per heavy atom. The van der Waals surface area contributed by atoms with Crippen molar-refractivity contribution >= 4 is 48.6 Å². The maximum absolute atomic E-state index is 12.7. The molecular weight excluding hydrogens is 364 g/mol. The molecule has 0 saturated heterocycles. The molecular formula is C13H8BrClN2O2S. The summed E-state index contributed by atoms with van der Waals surface area (Å²) in [6.07, 6.45) is 1.53. The van der Waals surface area contributed by atoms with E-state index in [-0.39, 0.29) is 10.0 Å². The molecule has 0 fully saturated rings. The maximum atomic E-state index is 12.7. The largest absolute Gasteiger partial charge is 0.270 e. The van der Waals surface area contributed by atoms with Crippen molar-refractivity contribution in [2.24, 2.45) is 0 Å². The SMILES string of the molecule is O=S(=O)(c1ccccc1)n1c(Cl)cc2c(Br)ccnc21. The topological polar surface area (TPSA) is 52.0 Å². The van der Waals surface area contributed by atoms with Gasteiger partial charge in [0.2, 0.25) is 0 Å². The van der Waals surface area contributed by atoms with Crippen LogP contribution in [0.4, 0.5) is 0 Å². The van der Waals surface area contributed by atoms with Gasteiger partial charge in [-0.15, -0.1) is 0 Å². The van der Waals surface area contributed by atoms with Gasteiger partial charge < -0.3 is 0 Å². The van der Waals surface area contributed by atoms with Gasteiger partial charge >= 0.3 is 0 Å². The Hall–Kier alpha value is -1.37. The number of fused-ring (bicyclic) bond motifs is 1. The molecule has 1 aromatic carbocycles. The van der Waals surface area contributed by atoms with E-state index in [0.29, 0.717) is 11.0 Å². The second-order valence-corrected chi connectivity index (χ2v) is 7.11. The second-order valence-electron chi connectivity index (χ2n) is 4.08. The first-order valence-corrected chi connectivity index (χ1v) is 8.25. The summed E-state index contributed by atoms with van der Waals surface area (Å²) >= 11 is 9.46. The molecule has 3 aromatic rings. The number of aromatic nitrogens is 2. The van der Waals surface area contributed by atoms with Gasteiger partial charge in [-0.1, -0.05) is 29.8 Å². The van der Waals surface area contributed by atoms with Crippen LogP contribution >= 0.6 is 27.5 Å². The summed E-state index contributed by atoms with van der Waals surface area (Å²) in [5, 5.41) is 0.750. The fraction of sp³-hybridized carbons (Fsp3) is 0. The van der Waals surface area contributed by atoms with Gasteiger partial charge in [0, 0.05) is 16.1 Å².